The molecule has 0 aliphatic rings. The zero-order valence-electron chi connectivity index (χ0n) is 7.25. The van der Waals surface area contributed by atoms with Gasteiger partial charge < -0.3 is 5.73 Å². The number of rotatable bonds is 3. The molecule has 1 rings (SSSR count). The predicted molar refractivity (Wildman–Crippen MR) is 57.0 cm³/mol. The van der Waals surface area contributed by atoms with Gasteiger partial charge in [-0.05, 0) is 23.8 Å². The first-order valence-electron chi connectivity index (χ1n) is 3.83. The van der Waals surface area contributed by atoms with Crippen LogP contribution < -0.4 is 5.73 Å². The van der Waals surface area contributed by atoms with Crippen LogP contribution in [0.2, 0.25) is 5.02 Å². The third-order valence-corrected chi connectivity index (χ3v) is 1.83. The Kier molecular flexibility index (Phi) is 3.42. The molecule has 0 bridgehead atoms. The van der Waals surface area contributed by atoms with Crippen molar-refractivity contribution in [1.29, 1.82) is 5.41 Å². The van der Waals surface area contributed by atoms with Gasteiger partial charge in [0.2, 0.25) is 6.29 Å². The van der Waals surface area contributed by atoms with Crippen molar-refractivity contribution in [1.82, 2.24) is 0 Å². The van der Waals surface area contributed by atoms with Crippen molar-refractivity contribution in [2.24, 2.45) is 5.73 Å². The van der Waals surface area contributed by atoms with Crippen LogP contribution in [0.3, 0.4) is 0 Å². The Bertz CT molecular complexity index is 382. The maximum atomic E-state index is 10.4. The van der Waals surface area contributed by atoms with E-state index >= 15 is 0 Å². The molecule has 3 N–H and O–H groups in total. The van der Waals surface area contributed by atoms with E-state index in [4.69, 9.17) is 22.7 Å². The lowest BCUT2D eigenvalue weighted by atomic mass is 10.1. The summed E-state index contributed by atoms with van der Waals surface area (Å²) < 4.78 is 0. The number of hydrogen-bond acceptors (Lipinski definition) is 2. The van der Waals surface area contributed by atoms with E-state index in [2.05, 4.69) is 0 Å². The molecule has 1 radical (unpaired) electrons. The van der Waals surface area contributed by atoms with Crippen LogP contribution in [-0.2, 0) is 4.79 Å². The van der Waals surface area contributed by atoms with Gasteiger partial charge in [0.05, 0.1) is 5.57 Å². The van der Waals surface area contributed by atoms with E-state index in [-0.39, 0.29) is 11.4 Å². The standard InChI is InChI=1S/C10H8ClN2O/c11-9-3-1-7(2-4-9)5-8(6-14)10(12)13/h1-5H,(H3,12,13)/b8-5-. The molecule has 0 amide bonds. The number of nitrogens with two attached hydrogens (primary N) is 1. The van der Waals surface area contributed by atoms with E-state index in [1.165, 1.54) is 6.08 Å². The topological polar surface area (TPSA) is 66.9 Å². The zero-order chi connectivity index (χ0) is 10.6. The molecule has 0 saturated carbocycles. The van der Waals surface area contributed by atoms with Gasteiger partial charge in [0, 0.05) is 5.02 Å². The molecule has 1 aromatic carbocycles. The van der Waals surface area contributed by atoms with Gasteiger partial charge in [-0.1, -0.05) is 23.7 Å². The highest BCUT2D eigenvalue weighted by molar-refractivity contribution is 6.30. The van der Waals surface area contributed by atoms with Crippen LogP contribution in [-0.4, -0.2) is 12.1 Å². The van der Waals surface area contributed by atoms with Crippen LogP contribution in [0.5, 0.6) is 0 Å². The van der Waals surface area contributed by atoms with E-state index < -0.39 is 0 Å². The second kappa shape index (κ2) is 4.58. The summed E-state index contributed by atoms with van der Waals surface area (Å²) in [7, 11) is 0. The fourth-order valence-corrected chi connectivity index (χ4v) is 1.01. The Morgan fingerprint density at radius 3 is 2.43 bits per heavy atom. The average molecular weight is 208 g/mol. The lowest BCUT2D eigenvalue weighted by Crippen LogP contribution is -2.13. The van der Waals surface area contributed by atoms with Crippen molar-refractivity contribution in [3.05, 3.63) is 40.4 Å². The lowest BCUT2D eigenvalue weighted by molar-refractivity contribution is 0.563. The molecule has 0 aliphatic carbocycles. The molecule has 3 nitrogen and oxygen atoms in total. The number of benzene rings is 1. The minimum atomic E-state index is -0.296. The molecule has 0 aliphatic heterocycles. The van der Waals surface area contributed by atoms with Crippen LogP contribution in [0.15, 0.2) is 29.8 Å². The Morgan fingerprint density at radius 1 is 1.43 bits per heavy atom. The minimum Gasteiger partial charge on any atom is -0.384 e. The van der Waals surface area contributed by atoms with Gasteiger partial charge in [0.1, 0.15) is 5.84 Å². The van der Waals surface area contributed by atoms with E-state index in [1.807, 2.05) is 0 Å². The summed E-state index contributed by atoms with van der Waals surface area (Å²) in [6, 6.07) is 6.83. The quantitative estimate of drug-likeness (QED) is 0.451. The molecule has 0 unspecified atom stereocenters. The summed E-state index contributed by atoms with van der Waals surface area (Å²) in [6.45, 7) is 0. The van der Waals surface area contributed by atoms with E-state index in [0.29, 0.717) is 5.02 Å². The molecule has 71 valence electrons. The van der Waals surface area contributed by atoms with Gasteiger partial charge >= 0.3 is 0 Å². The fourth-order valence-electron chi connectivity index (χ4n) is 0.888. The summed E-state index contributed by atoms with van der Waals surface area (Å²) in [5.41, 5.74) is 5.94. The largest absolute Gasteiger partial charge is 0.384 e. The van der Waals surface area contributed by atoms with Crippen LogP contribution in [0.4, 0.5) is 0 Å². The third-order valence-electron chi connectivity index (χ3n) is 1.58. The molecular formula is C10H8ClN2O. The van der Waals surface area contributed by atoms with E-state index in [9.17, 15) is 4.79 Å². The molecular weight excluding hydrogens is 200 g/mol. The third kappa shape index (κ3) is 2.71. The molecule has 0 spiro atoms. The highest BCUT2D eigenvalue weighted by Crippen LogP contribution is 2.11. The van der Waals surface area contributed by atoms with Crippen LogP contribution in [0.1, 0.15) is 5.56 Å². The van der Waals surface area contributed by atoms with Crippen molar-refractivity contribution in [3.8, 4) is 0 Å². The van der Waals surface area contributed by atoms with Crippen molar-refractivity contribution in [2.75, 3.05) is 0 Å². The molecule has 0 atom stereocenters. The summed E-state index contributed by atoms with van der Waals surface area (Å²) in [4.78, 5) is 10.4. The van der Waals surface area contributed by atoms with Crippen molar-refractivity contribution >= 4 is 29.8 Å². The van der Waals surface area contributed by atoms with Gasteiger partial charge in [-0.15, -0.1) is 0 Å². The number of carbonyl (C=O) groups excluding carboxylic acids is 1. The van der Waals surface area contributed by atoms with Crippen molar-refractivity contribution in [3.63, 3.8) is 0 Å². The smallest absolute Gasteiger partial charge is 0.237 e. The minimum absolute atomic E-state index is 0.0346. The highest BCUT2D eigenvalue weighted by Gasteiger charge is 2.00. The fraction of sp³-hybridized carbons (Fsp3) is 0. The Morgan fingerprint density at radius 2 is 2.00 bits per heavy atom. The summed E-state index contributed by atoms with van der Waals surface area (Å²) in [5.74, 6) is -0.296. The molecule has 0 heterocycles. The zero-order valence-corrected chi connectivity index (χ0v) is 8.01. The summed E-state index contributed by atoms with van der Waals surface area (Å²) in [6.07, 6.45) is 3.07. The molecule has 4 heteroatoms. The van der Waals surface area contributed by atoms with Crippen LogP contribution in [0.25, 0.3) is 6.08 Å². The SMILES string of the molecule is N=C(N)/C([C]=O)=C\c1ccc(Cl)cc1. The summed E-state index contributed by atoms with van der Waals surface area (Å²) >= 11 is 5.68. The van der Waals surface area contributed by atoms with Crippen molar-refractivity contribution in [2.45, 2.75) is 0 Å². The monoisotopic (exact) mass is 207 g/mol. The summed E-state index contributed by atoms with van der Waals surface area (Å²) in [5, 5.41) is 7.68. The van der Waals surface area contributed by atoms with Gasteiger partial charge in [-0.25, -0.2) is 0 Å². The first kappa shape index (κ1) is 10.5. The highest BCUT2D eigenvalue weighted by atomic mass is 35.5. The van der Waals surface area contributed by atoms with Crippen LogP contribution in [0, 0.1) is 5.41 Å². The van der Waals surface area contributed by atoms with E-state index in [1.54, 1.807) is 30.6 Å². The van der Waals surface area contributed by atoms with Crippen molar-refractivity contribution < 1.29 is 4.79 Å². The Balaban J connectivity index is 3.01. The molecule has 0 fully saturated rings. The maximum Gasteiger partial charge on any atom is 0.237 e. The second-order valence-electron chi connectivity index (χ2n) is 2.63. The Labute approximate surface area is 86.7 Å². The average Bonchev–Trinajstić information content (AvgIpc) is 2.16. The number of halogens is 1. The maximum absolute atomic E-state index is 10.4. The van der Waals surface area contributed by atoms with Gasteiger partial charge in [-0.3, -0.25) is 10.2 Å². The molecule has 14 heavy (non-hydrogen) atoms. The Hall–Kier alpha value is -1.61. The van der Waals surface area contributed by atoms with Crippen LogP contribution >= 0.6 is 11.6 Å². The second-order valence-corrected chi connectivity index (χ2v) is 3.06. The number of nitrogens with one attached hydrogen (secondary N) is 1. The normalized spacial score (nSPS) is 11.1. The van der Waals surface area contributed by atoms with Gasteiger partial charge in [0.25, 0.3) is 0 Å². The number of hydrogen-bond donors (Lipinski definition) is 2. The van der Waals surface area contributed by atoms with Gasteiger partial charge in [0.15, 0.2) is 0 Å². The predicted octanol–water partition coefficient (Wildman–Crippen LogP) is 1.77. The van der Waals surface area contributed by atoms with E-state index in [0.717, 1.165) is 5.56 Å². The lowest BCUT2D eigenvalue weighted by Gasteiger charge is -1.96. The first-order valence-corrected chi connectivity index (χ1v) is 4.21. The van der Waals surface area contributed by atoms with Gasteiger partial charge in [-0.2, -0.15) is 0 Å². The first-order chi connectivity index (χ1) is 6.63. The molecule has 1 aromatic rings. The molecule has 0 saturated heterocycles. The number of amidine groups is 1. The molecule has 0 aromatic heterocycles.